The fourth-order valence-corrected chi connectivity index (χ4v) is 2.74. The van der Waals surface area contributed by atoms with Gasteiger partial charge in [-0.3, -0.25) is 4.79 Å². The number of ether oxygens (including phenoxy) is 1. The van der Waals surface area contributed by atoms with Crippen molar-refractivity contribution < 1.29 is 9.84 Å². The lowest BCUT2D eigenvalue weighted by molar-refractivity contribution is 0.330. The van der Waals surface area contributed by atoms with Gasteiger partial charge in [0.2, 0.25) is 5.75 Å². The first kappa shape index (κ1) is 19.6. The van der Waals surface area contributed by atoms with E-state index in [1.54, 1.807) is 13.1 Å². The Labute approximate surface area is 154 Å². The third-order valence-electron chi connectivity index (χ3n) is 4.37. The van der Waals surface area contributed by atoms with E-state index >= 15 is 0 Å². The van der Waals surface area contributed by atoms with Gasteiger partial charge in [-0.25, -0.2) is 0 Å². The van der Waals surface area contributed by atoms with Crippen LogP contribution in [-0.4, -0.2) is 23.3 Å². The molecule has 1 aromatic heterocycles. The first-order valence-corrected chi connectivity index (χ1v) is 8.80. The highest BCUT2D eigenvalue weighted by atomic mass is 16.5. The Balaban J connectivity index is 2.22. The van der Waals surface area contributed by atoms with E-state index in [-0.39, 0.29) is 23.7 Å². The zero-order valence-electron chi connectivity index (χ0n) is 16.2. The fourth-order valence-electron chi connectivity index (χ4n) is 2.74. The van der Waals surface area contributed by atoms with Crippen molar-refractivity contribution in [2.24, 2.45) is 7.05 Å². The van der Waals surface area contributed by atoms with Crippen LogP contribution in [0.1, 0.15) is 33.6 Å². The minimum absolute atomic E-state index is 0.00874. The molecule has 140 valence electrons. The zero-order chi connectivity index (χ0) is 19.3. The summed E-state index contributed by atoms with van der Waals surface area (Å²) in [5.41, 5.74) is 3.67. The Kier molecular flexibility index (Phi) is 6.50. The normalized spacial score (nSPS) is 11.5. The van der Waals surface area contributed by atoms with Gasteiger partial charge in [-0.15, -0.1) is 0 Å². The summed E-state index contributed by atoms with van der Waals surface area (Å²) in [6.07, 6.45) is 6.08. The minimum Gasteiger partial charge on any atom is -0.504 e. The third-order valence-corrected chi connectivity index (χ3v) is 4.37. The van der Waals surface area contributed by atoms with Gasteiger partial charge in [-0.05, 0) is 57.9 Å². The molecule has 0 spiro atoms. The lowest BCUT2D eigenvalue weighted by atomic mass is 10.1. The summed E-state index contributed by atoms with van der Waals surface area (Å²) in [5.74, 6) is -0.119. The minimum atomic E-state index is -0.348. The third kappa shape index (κ3) is 4.48. The van der Waals surface area contributed by atoms with Crippen LogP contribution in [-0.2, 0) is 7.05 Å². The number of rotatable bonds is 7. The number of aromatic nitrogens is 1. The van der Waals surface area contributed by atoms with Crippen molar-refractivity contribution in [3.05, 3.63) is 51.9 Å². The Morgan fingerprint density at radius 3 is 2.65 bits per heavy atom. The van der Waals surface area contributed by atoms with Gasteiger partial charge in [0.1, 0.15) is 6.61 Å². The van der Waals surface area contributed by atoms with Crippen molar-refractivity contribution in [1.29, 1.82) is 0 Å². The smallest absolute Gasteiger partial charge is 0.297 e. The predicted octanol–water partition coefficient (Wildman–Crippen LogP) is 4.36. The number of aryl methyl sites for hydroxylation is 1. The molecular weight excluding hydrogens is 328 g/mol. The number of benzene rings is 1. The maximum absolute atomic E-state index is 12.6. The maximum Gasteiger partial charge on any atom is 0.297 e. The van der Waals surface area contributed by atoms with E-state index in [0.717, 1.165) is 18.5 Å². The first-order valence-electron chi connectivity index (χ1n) is 8.80. The predicted molar refractivity (Wildman–Crippen MR) is 108 cm³/mol. The largest absolute Gasteiger partial charge is 0.504 e. The van der Waals surface area contributed by atoms with Crippen LogP contribution in [0.3, 0.4) is 0 Å². The van der Waals surface area contributed by atoms with Crippen LogP contribution >= 0.6 is 0 Å². The van der Waals surface area contributed by atoms with Gasteiger partial charge in [0.25, 0.3) is 5.56 Å². The lowest BCUT2D eigenvalue weighted by Gasteiger charge is -2.13. The molecule has 0 unspecified atom stereocenters. The van der Waals surface area contributed by atoms with Gasteiger partial charge in [-0.2, -0.15) is 0 Å². The van der Waals surface area contributed by atoms with Crippen molar-refractivity contribution in [2.45, 2.75) is 33.6 Å². The molecule has 26 heavy (non-hydrogen) atoms. The summed E-state index contributed by atoms with van der Waals surface area (Å²) >= 11 is 0. The molecule has 5 heteroatoms. The zero-order valence-corrected chi connectivity index (χ0v) is 16.2. The second-order valence-electron chi connectivity index (χ2n) is 6.71. The van der Waals surface area contributed by atoms with Gasteiger partial charge in [-0.1, -0.05) is 17.2 Å². The second kappa shape index (κ2) is 8.61. The quantitative estimate of drug-likeness (QED) is 0.724. The van der Waals surface area contributed by atoms with E-state index in [4.69, 9.17) is 4.74 Å². The monoisotopic (exact) mass is 356 g/mol. The summed E-state index contributed by atoms with van der Waals surface area (Å²) in [6, 6.07) is 5.46. The SMILES string of the molecule is CNc1ccc2c(O)c(OC/C=C(\C)CCC=C(C)C)c(=O)n(C)c2c1. The Morgan fingerprint density at radius 1 is 1.27 bits per heavy atom. The number of aromatic hydroxyl groups is 1. The van der Waals surface area contributed by atoms with Crippen molar-refractivity contribution >= 4 is 16.6 Å². The average Bonchev–Trinajstić information content (AvgIpc) is 2.61. The highest BCUT2D eigenvalue weighted by Gasteiger charge is 2.16. The lowest BCUT2D eigenvalue weighted by Crippen LogP contribution is -2.20. The van der Waals surface area contributed by atoms with E-state index in [1.165, 1.54) is 15.7 Å². The highest BCUT2D eigenvalue weighted by molar-refractivity contribution is 5.89. The molecule has 5 nitrogen and oxygen atoms in total. The molecule has 0 fully saturated rings. The molecule has 0 aliphatic rings. The summed E-state index contributed by atoms with van der Waals surface area (Å²) in [4.78, 5) is 12.6. The van der Waals surface area contributed by atoms with Crippen LogP contribution in [0.4, 0.5) is 5.69 Å². The van der Waals surface area contributed by atoms with Crippen molar-refractivity contribution in [1.82, 2.24) is 4.57 Å². The molecule has 2 rings (SSSR count). The van der Waals surface area contributed by atoms with E-state index in [0.29, 0.717) is 10.9 Å². The van der Waals surface area contributed by atoms with Gasteiger partial charge in [0, 0.05) is 25.2 Å². The van der Waals surface area contributed by atoms with Crippen LogP contribution in [0.25, 0.3) is 10.9 Å². The van der Waals surface area contributed by atoms with Crippen molar-refractivity contribution in [3.8, 4) is 11.5 Å². The molecule has 0 bridgehead atoms. The Morgan fingerprint density at radius 2 is 2.00 bits per heavy atom. The molecule has 0 saturated carbocycles. The van der Waals surface area contributed by atoms with Gasteiger partial charge >= 0.3 is 0 Å². The summed E-state index contributed by atoms with van der Waals surface area (Å²) in [7, 11) is 3.49. The van der Waals surface area contributed by atoms with Gasteiger partial charge in [0.05, 0.1) is 5.52 Å². The number of hydrogen-bond donors (Lipinski definition) is 2. The van der Waals surface area contributed by atoms with E-state index in [2.05, 4.69) is 25.2 Å². The molecule has 1 heterocycles. The highest BCUT2D eigenvalue weighted by Crippen LogP contribution is 2.32. The molecule has 2 aromatic rings. The second-order valence-corrected chi connectivity index (χ2v) is 6.71. The molecule has 0 amide bonds. The van der Waals surface area contributed by atoms with E-state index in [1.807, 2.05) is 32.2 Å². The summed E-state index contributed by atoms with van der Waals surface area (Å²) < 4.78 is 7.12. The number of nitrogens with zero attached hydrogens (tertiary/aromatic N) is 1. The average molecular weight is 356 g/mol. The number of nitrogens with one attached hydrogen (secondary N) is 1. The molecular formula is C21H28N2O3. The van der Waals surface area contributed by atoms with Crippen LogP contribution in [0.5, 0.6) is 11.5 Å². The fraction of sp³-hybridized carbons (Fsp3) is 0.381. The van der Waals surface area contributed by atoms with Crippen molar-refractivity contribution in [2.75, 3.05) is 19.0 Å². The number of allylic oxidation sites excluding steroid dienone is 3. The molecule has 2 N–H and O–H groups in total. The van der Waals surface area contributed by atoms with Crippen LogP contribution in [0.2, 0.25) is 0 Å². The van der Waals surface area contributed by atoms with E-state index in [9.17, 15) is 9.90 Å². The number of fused-ring (bicyclic) bond motifs is 1. The number of pyridine rings is 1. The van der Waals surface area contributed by atoms with Crippen LogP contribution < -0.4 is 15.6 Å². The number of hydrogen-bond acceptors (Lipinski definition) is 4. The van der Waals surface area contributed by atoms with Crippen molar-refractivity contribution in [3.63, 3.8) is 0 Å². The van der Waals surface area contributed by atoms with Crippen LogP contribution in [0.15, 0.2) is 46.3 Å². The molecule has 0 atom stereocenters. The Bertz CT molecular complexity index is 904. The molecule has 0 aliphatic carbocycles. The Hall–Kier alpha value is -2.69. The van der Waals surface area contributed by atoms with Crippen LogP contribution in [0, 0.1) is 0 Å². The summed E-state index contributed by atoms with van der Waals surface area (Å²) in [6.45, 7) is 6.46. The van der Waals surface area contributed by atoms with Gasteiger partial charge in [0.15, 0.2) is 5.75 Å². The van der Waals surface area contributed by atoms with Gasteiger partial charge < -0.3 is 19.7 Å². The molecule has 0 saturated heterocycles. The topological polar surface area (TPSA) is 63.5 Å². The molecule has 1 aromatic carbocycles. The van der Waals surface area contributed by atoms with E-state index < -0.39 is 0 Å². The molecule has 0 aliphatic heterocycles. The maximum atomic E-state index is 12.6. The number of anilines is 1. The first-order chi connectivity index (χ1) is 12.3. The summed E-state index contributed by atoms with van der Waals surface area (Å²) in [5, 5.41) is 14.1. The standard InChI is InChI=1S/C21H28N2O3/c1-14(2)7-6-8-15(3)11-12-26-20-19(24)17-10-9-16(22-4)13-18(17)23(5)21(20)25/h7,9-11,13,22,24H,6,8,12H2,1-5H3/b15-11+. The molecule has 0 radical (unpaired) electrons.